The van der Waals surface area contributed by atoms with Gasteiger partial charge in [-0.1, -0.05) is 11.6 Å². The van der Waals surface area contributed by atoms with Crippen LogP contribution in [-0.4, -0.2) is 31.2 Å². The van der Waals surface area contributed by atoms with Crippen molar-refractivity contribution in [1.29, 1.82) is 0 Å². The minimum Gasteiger partial charge on any atom is -0.207 e. The first-order chi connectivity index (χ1) is 8.91. The van der Waals surface area contributed by atoms with Gasteiger partial charge in [-0.25, -0.2) is 8.42 Å². The highest BCUT2D eigenvalue weighted by atomic mass is 35.5. The largest absolute Gasteiger partial charge is 0.243 e. The van der Waals surface area contributed by atoms with Crippen molar-refractivity contribution in [1.82, 2.24) is 4.31 Å². The summed E-state index contributed by atoms with van der Waals surface area (Å²) >= 11 is 11.8. The van der Waals surface area contributed by atoms with E-state index in [0.29, 0.717) is 28.9 Å². The van der Waals surface area contributed by atoms with Crippen molar-refractivity contribution >= 4 is 33.2 Å². The topological polar surface area (TPSA) is 37.4 Å². The second-order valence-corrected chi connectivity index (χ2v) is 7.94. The molecule has 0 spiro atoms. The Morgan fingerprint density at radius 1 is 1.21 bits per heavy atom. The van der Waals surface area contributed by atoms with Crippen molar-refractivity contribution in [3.05, 3.63) is 29.3 Å². The van der Waals surface area contributed by atoms with Crippen LogP contribution in [0.15, 0.2) is 29.2 Å². The molecule has 106 valence electrons. The smallest absolute Gasteiger partial charge is 0.207 e. The molecule has 0 aromatic heterocycles. The Hall–Kier alpha value is -0.290. The lowest BCUT2D eigenvalue weighted by molar-refractivity contribution is 0.271. The van der Waals surface area contributed by atoms with Crippen LogP contribution in [0.3, 0.4) is 0 Å². The number of hydrogen-bond acceptors (Lipinski definition) is 2. The molecule has 3 nitrogen and oxygen atoms in total. The molecule has 19 heavy (non-hydrogen) atoms. The van der Waals surface area contributed by atoms with Gasteiger partial charge < -0.3 is 0 Å². The summed E-state index contributed by atoms with van der Waals surface area (Å²) in [5.74, 6) is 0.401. The molecule has 0 saturated carbocycles. The summed E-state index contributed by atoms with van der Waals surface area (Å²) in [4.78, 5) is 0.300. The molecule has 0 amide bonds. The highest BCUT2D eigenvalue weighted by Gasteiger charge is 2.30. The highest BCUT2D eigenvalue weighted by Crippen LogP contribution is 2.27. The van der Waals surface area contributed by atoms with Gasteiger partial charge in [0.15, 0.2) is 0 Å². The molecule has 1 aromatic rings. The van der Waals surface area contributed by atoms with E-state index in [1.807, 2.05) is 6.92 Å². The zero-order valence-corrected chi connectivity index (χ0v) is 13.0. The van der Waals surface area contributed by atoms with E-state index in [2.05, 4.69) is 0 Å². The third-order valence-corrected chi connectivity index (χ3v) is 6.12. The number of alkyl halides is 1. The van der Waals surface area contributed by atoms with Gasteiger partial charge in [-0.3, -0.25) is 0 Å². The van der Waals surface area contributed by atoms with Crippen LogP contribution in [0.1, 0.15) is 19.8 Å². The van der Waals surface area contributed by atoms with Crippen LogP contribution in [0.5, 0.6) is 0 Å². The second kappa shape index (κ2) is 6.00. The third-order valence-electron chi connectivity index (χ3n) is 3.60. The molecule has 1 unspecified atom stereocenters. The van der Waals surface area contributed by atoms with E-state index in [1.165, 1.54) is 4.31 Å². The lowest BCUT2D eigenvalue weighted by Gasteiger charge is -2.32. The summed E-state index contributed by atoms with van der Waals surface area (Å²) in [6.45, 7) is 3.04. The van der Waals surface area contributed by atoms with Gasteiger partial charge >= 0.3 is 0 Å². The van der Waals surface area contributed by atoms with E-state index in [0.717, 1.165) is 12.8 Å². The zero-order valence-electron chi connectivity index (χ0n) is 10.7. The Kier molecular flexibility index (Phi) is 4.77. The number of benzene rings is 1. The predicted molar refractivity (Wildman–Crippen MR) is 78.2 cm³/mol. The molecule has 1 fully saturated rings. The SMILES string of the molecule is CC(Cl)C1CCN(S(=O)(=O)c2ccc(Cl)cc2)CC1. The summed E-state index contributed by atoms with van der Waals surface area (Å²) < 4.78 is 26.4. The van der Waals surface area contributed by atoms with Crippen molar-refractivity contribution in [3.8, 4) is 0 Å². The van der Waals surface area contributed by atoms with E-state index in [4.69, 9.17) is 23.2 Å². The van der Waals surface area contributed by atoms with Crippen molar-refractivity contribution < 1.29 is 8.42 Å². The first-order valence-electron chi connectivity index (χ1n) is 6.31. The highest BCUT2D eigenvalue weighted by molar-refractivity contribution is 7.89. The molecular formula is C13H17Cl2NO2S. The van der Waals surface area contributed by atoms with E-state index in [-0.39, 0.29) is 5.38 Å². The van der Waals surface area contributed by atoms with Crippen LogP contribution >= 0.6 is 23.2 Å². The number of halogens is 2. The van der Waals surface area contributed by atoms with Crippen LogP contribution < -0.4 is 0 Å². The van der Waals surface area contributed by atoms with Gasteiger partial charge in [0.2, 0.25) is 10.0 Å². The fourth-order valence-corrected chi connectivity index (χ4v) is 4.18. The van der Waals surface area contributed by atoms with Crippen LogP contribution in [0.2, 0.25) is 5.02 Å². The summed E-state index contributed by atoms with van der Waals surface area (Å²) in [7, 11) is -3.40. The van der Waals surface area contributed by atoms with Gasteiger partial charge in [-0.2, -0.15) is 4.31 Å². The van der Waals surface area contributed by atoms with E-state index >= 15 is 0 Å². The van der Waals surface area contributed by atoms with Crippen molar-refractivity contribution in [3.63, 3.8) is 0 Å². The van der Waals surface area contributed by atoms with E-state index in [9.17, 15) is 8.42 Å². The monoisotopic (exact) mass is 321 g/mol. The number of hydrogen-bond donors (Lipinski definition) is 0. The van der Waals surface area contributed by atoms with Crippen molar-refractivity contribution in [2.45, 2.75) is 30.0 Å². The Morgan fingerprint density at radius 3 is 2.21 bits per heavy atom. The van der Waals surface area contributed by atoms with Crippen LogP contribution in [0.25, 0.3) is 0 Å². The van der Waals surface area contributed by atoms with E-state index < -0.39 is 10.0 Å². The van der Waals surface area contributed by atoms with Gasteiger partial charge in [-0.15, -0.1) is 11.6 Å². The number of sulfonamides is 1. The van der Waals surface area contributed by atoms with E-state index in [1.54, 1.807) is 24.3 Å². The Bertz CT molecular complexity index is 520. The molecule has 1 aliphatic heterocycles. The maximum Gasteiger partial charge on any atom is 0.243 e. The number of nitrogens with zero attached hydrogens (tertiary/aromatic N) is 1. The molecule has 6 heteroatoms. The second-order valence-electron chi connectivity index (χ2n) is 4.87. The average molecular weight is 322 g/mol. The Morgan fingerprint density at radius 2 is 1.74 bits per heavy atom. The molecule has 0 aliphatic carbocycles. The fourth-order valence-electron chi connectivity index (χ4n) is 2.33. The minimum absolute atomic E-state index is 0.0976. The summed E-state index contributed by atoms with van der Waals surface area (Å²) in [6, 6.07) is 6.30. The lowest BCUT2D eigenvalue weighted by Crippen LogP contribution is -2.39. The maximum atomic E-state index is 12.4. The maximum absolute atomic E-state index is 12.4. The molecule has 0 bridgehead atoms. The van der Waals surface area contributed by atoms with Gasteiger partial charge in [0.1, 0.15) is 0 Å². The normalized spacial score (nSPS) is 20.4. The van der Waals surface area contributed by atoms with Crippen LogP contribution in [0, 0.1) is 5.92 Å². The Labute approximate surface area is 124 Å². The average Bonchev–Trinajstić information content (AvgIpc) is 2.39. The van der Waals surface area contributed by atoms with Crippen LogP contribution in [0.4, 0.5) is 0 Å². The van der Waals surface area contributed by atoms with Crippen molar-refractivity contribution in [2.75, 3.05) is 13.1 Å². The molecule has 1 aromatic carbocycles. The summed E-state index contributed by atoms with van der Waals surface area (Å²) in [5, 5.41) is 0.633. The van der Waals surface area contributed by atoms with Gasteiger partial charge in [0.25, 0.3) is 0 Å². The van der Waals surface area contributed by atoms with Crippen molar-refractivity contribution in [2.24, 2.45) is 5.92 Å². The molecule has 1 atom stereocenters. The summed E-state index contributed by atoms with van der Waals surface area (Å²) in [5.41, 5.74) is 0. The third kappa shape index (κ3) is 3.43. The first kappa shape index (κ1) is 15.1. The molecule has 0 N–H and O–H groups in total. The predicted octanol–water partition coefficient (Wildman–Crippen LogP) is 3.37. The first-order valence-corrected chi connectivity index (χ1v) is 8.56. The van der Waals surface area contributed by atoms with Gasteiger partial charge in [0, 0.05) is 23.5 Å². The molecule has 1 heterocycles. The molecule has 1 aliphatic rings. The number of piperidine rings is 1. The molecule has 1 saturated heterocycles. The van der Waals surface area contributed by atoms with Crippen LogP contribution in [-0.2, 0) is 10.0 Å². The lowest BCUT2D eigenvalue weighted by atomic mass is 9.95. The quantitative estimate of drug-likeness (QED) is 0.800. The summed E-state index contributed by atoms with van der Waals surface area (Å²) in [6.07, 6.45) is 1.63. The molecular weight excluding hydrogens is 305 g/mol. The number of rotatable bonds is 3. The van der Waals surface area contributed by atoms with Gasteiger partial charge in [-0.05, 0) is 49.9 Å². The molecule has 0 radical (unpaired) electrons. The molecule has 2 rings (SSSR count). The fraction of sp³-hybridized carbons (Fsp3) is 0.538. The minimum atomic E-state index is -3.40. The standard InChI is InChI=1S/C13H17Cl2NO2S/c1-10(14)11-6-8-16(9-7-11)19(17,18)13-4-2-12(15)3-5-13/h2-5,10-11H,6-9H2,1H3. The Balaban J connectivity index is 2.12. The zero-order chi connectivity index (χ0) is 14.0. The van der Waals surface area contributed by atoms with Gasteiger partial charge in [0.05, 0.1) is 4.90 Å².